The van der Waals surface area contributed by atoms with Crippen molar-refractivity contribution in [1.82, 2.24) is 5.43 Å². The molecule has 4 rings (SSSR count). The number of nitrogens with one attached hydrogen (secondary N) is 1. The number of hydrogen-bond donors (Lipinski definition) is 1. The number of esters is 1. The van der Waals surface area contributed by atoms with Gasteiger partial charge in [0, 0.05) is 10.6 Å². The van der Waals surface area contributed by atoms with Crippen LogP contribution in [0.5, 0.6) is 23.0 Å². The highest BCUT2D eigenvalue weighted by Crippen LogP contribution is 2.28. The van der Waals surface area contributed by atoms with Crippen LogP contribution in [-0.4, -0.2) is 31.8 Å². The normalized spacial score (nSPS) is 10.7. The zero-order valence-corrected chi connectivity index (χ0v) is 24.1. The number of benzene rings is 4. The van der Waals surface area contributed by atoms with Crippen LogP contribution in [0, 0.1) is 0 Å². The Morgan fingerprint density at radius 1 is 0.833 bits per heavy atom. The van der Waals surface area contributed by atoms with E-state index in [0.717, 1.165) is 18.4 Å². The number of hydrogen-bond acceptors (Lipinski definition) is 7. The lowest BCUT2D eigenvalue weighted by atomic mass is 10.2. The molecule has 0 heterocycles. The lowest BCUT2D eigenvalue weighted by Crippen LogP contribution is -2.17. The summed E-state index contributed by atoms with van der Waals surface area (Å²) in [6, 6.07) is 25.9. The van der Waals surface area contributed by atoms with E-state index in [1.165, 1.54) is 13.3 Å². The van der Waals surface area contributed by atoms with Crippen LogP contribution < -0.4 is 24.4 Å². The molecule has 1 N–H and O–H groups in total. The van der Waals surface area contributed by atoms with Crippen LogP contribution in [0.25, 0.3) is 0 Å². The highest BCUT2D eigenvalue weighted by Gasteiger charge is 2.13. The molecule has 0 unspecified atom stereocenters. The van der Waals surface area contributed by atoms with Crippen LogP contribution in [0.15, 0.2) is 96.1 Å². The Bertz CT molecular complexity index is 1500. The summed E-state index contributed by atoms with van der Waals surface area (Å²) in [5.74, 6) is 1.02. The van der Waals surface area contributed by atoms with Crippen LogP contribution in [0.3, 0.4) is 0 Å². The SMILES string of the molecule is CCCCOc1ccc(C(=O)Oc2ccc(C=NNC(=O)c3ccc(OCc4ccc(Cl)cc4)cc3)cc2OC)cc1. The number of unbranched alkanes of at least 4 members (excludes halogenated alkanes) is 1. The molecule has 0 radical (unpaired) electrons. The van der Waals surface area contributed by atoms with E-state index in [1.54, 1.807) is 78.9 Å². The summed E-state index contributed by atoms with van der Waals surface area (Å²) in [5, 5.41) is 4.70. The van der Waals surface area contributed by atoms with Crippen molar-refractivity contribution in [1.29, 1.82) is 0 Å². The summed E-state index contributed by atoms with van der Waals surface area (Å²) in [7, 11) is 1.47. The van der Waals surface area contributed by atoms with Crippen molar-refractivity contribution in [2.45, 2.75) is 26.4 Å². The highest BCUT2D eigenvalue weighted by molar-refractivity contribution is 6.30. The molecule has 0 fully saturated rings. The number of methoxy groups -OCH3 is 1. The number of halogens is 1. The Labute approximate surface area is 249 Å². The standard InChI is InChI=1S/C33H31ClN2O6/c1-3-4-19-40-28-16-10-26(11-17-28)33(38)42-30-18-7-24(20-31(30)39-2)21-35-36-32(37)25-8-14-29(15-9-25)41-22-23-5-12-27(34)13-6-23/h5-18,20-21H,3-4,19,22H2,1-2H3,(H,36,37). The van der Waals surface area contributed by atoms with Crippen molar-refractivity contribution in [3.05, 3.63) is 118 Å². The minimum atomic E-state index is -0.525. The summed E-state index contributed by atoms with van der Waals surface area (Å²) in [6.07, 6.45) is 3.48. The van der Waals surface area contributed by atoms with E-state index in [-0.39, 0.29) is 11.7 Å². The fourth-order valence-electron chi connectivity index (χ4n) is 3.71. The molecule has 4 aromatic rings. The molecule has 42 heavy (non-hydrogen) atoms. The summed E-state index contributed by atoms with van der Waals surface area (Å²) in [4.78, 5) is 25.2. The van der Waals surface area contributed by atoms with Crippen molar-refractivity contribution in [3.63, 3.8) is 0 Å². The van der Waals surface area contributed by atoms with E-state index >= 15 is 0 Å². The monoisotopic (exact) mass is 586 g/mol. The Morgan fingerprint density at radius 3 is 2.17 bits per heavy atom. The van der Waals surface area contributed by atoms with Gasteiger partial charge in [-0.2, -0.15) is 5.10 Å². The highest BCUT2D eigenvalue weighted by atomic mass is 35.5. The molecule has 216 valence electrons. The van der Waals surface area contributed by atoms with Gasteiger partial charge in [-0.3, -0.25) is 4.79 Å². The Balaban J connectivity index is 1.29. The molecule has 9 heteroatoms. The number of nitrogens with zero attached hydrogens (tertiary/aromatic N) is 1. The topological polar surface area (TPSA) is 95.5 Å². The minimum absolute atomic E-state index is 0.255. The van der Waals surface area contributed by atoms with Gasteiger partial charge in [0.15, 0.2) is 11.5 Å². The predicted molar refractivity (Wildman–Crippen MR) is 162 cm³/mol. The fraction of sp³-hybridized carbons (Fsp3) is 0.182. The summed E-state index contributed by atoms with van der Waals surface area (Å²) >= 11 is 5.91. The first-order chi connectivity index (χ1) is 20.4. The van der Waals surface area contributed by atoms with E-state index in [2.05, 4.69) is 17.5 Å². The van der Waals surface area contributed by atoms with Crippen LogP contribution in [-0.2, 0) is 6.61 Å². The molecule has 0 aromatic heterocycles. The van der Waals surface area contributed by atoms with Gasteiger partial charge >= 0.3 is 5.97 Å². The summed E-state index contributed by atoms with van der Waals surface area (Å²) in [5.41, 5.74) is 4.92. The Hall–Kier alpha value is -4.82. The van der Waals surface area contributed by atoms with Crippen molar-refractivity contribution in [2.75, 3.05) is 13.7 Å². The van der Waals surface area contributed by atoms with Gasteiger partial charge in [0.25, 0.3) is 5.91 Å². The average Bonchev–Trinajstić information content (AvgIpc) is 3.02. The quantitative estimate of drug-likeness (QED) is 0.0591. The summed E-state index contributed by atoms with van der Waals surface area (Å²) < 4.78 is 22.3. The number of carbonyl (C=O) groups is 2. The van der Waals surface area contributed by atoms with Gasteiger partial charge in [-0.1, -0.05) is 37.1 Å². The molecular formula is C33H31ClN2O6. The van der Waals surface area contributed by atoms with Crippen molar-refractivity contribution < 1.29 is 28.5 Å². The molecule has 8 nitrogen and oxygen atoms in total. The molecule has 0 aliphatic carbocycles. The van der Waals surface area contributed by atoms with Crippen LogP contribution in [0.2, 0.25) is 5.02 Å². The Kier molecular flexibility index (Phi) is 10.9. The van der Waals surface area contributed by atoms with E-state index in [9.17, 15) is 9.59 Å². The van der Waals surface area contributed by atoms with Gasteiger partial charge in [-0.15, -0.1) is 0 Å². The number of hydrazone groups is 1. The maximum absolute atomic E-state index is 12.6. The van der Waals surface area contributed by atoms with Crippen LogP contribution in [0.1, 0.15) is 51.6 Å². The fourth-order valence-corrected chi connectivity index (χ4v) is 3.84. The van der Waals surface area contributed by atoms with E-state index in [0.29, 0.717) is 52.2 Å². The van der Waals surface area contributed by atoms with Gasteiger partial charge in [0.05, 0.1) is 25.5 Å². The second-order valence-electron chi connectivity index (χ2n) is 9.16. The van der Waals surface area contributed by atoms with E-state index in [1.807, 2.05) is 12.1 Å². The molecule has 0 aliphatic rings. The van der Waals surface area contributed by atoms with Crippen molar-refractivity contribution in [2.24, 2.45) is 5.10 Å². The maximum atomic E-state index is 12.6. The molecule has 0 atom stereocenters. The van der Waals surface area contributed by atoms with Crippen molar-refractivity contribution >= 4 is 29.7 Å². The molecule has 0 saturated heterocycles. The first kappa shape index (κ1) is 30.1. The van der Waals surface area contributed by atoms with Gasteiger partial charge in [-0.25, -0.2) is 10.2 Å². The van der Waals surface area contributed by atoms with Crippen molar-refractivity contribution in [3.8, 4) is 23.0 Å². The van der Waals surface area contributed by atoms with Gasteiger partial charge in [0.1, 0.15) is 18.1 Å². The molecule has 0 spiro atoms. The van der Waals surface area contributed by atoms with Gasteiger partial charge in [-0.05, 0) is 96.4 Å². The molecule has 0 saturated carbocycles. The largest absolute Gasteiger partial charge is 0.494 e. The summed E-state index contributed by atoms with van der Waals surface area (Å²) in [6.45, 7) is 3.11. The number of rotatable bonds is 13. The second kappa shape index (κ2) is 15.3. The maximum Gasteiger partial charge on any atom is 0.343 e. The first-order valence-electron chi connectivity index (χ1n) is 13.4. The molecule has 0 bridgehead atoms. The molecular weight excluding hydrogens is 556 g/mol. The lowest BCUT2D eigenvalue weighted by molar-refractivity contribution is 0.0729. The minimum Gasteiger partial charge on any atom is -0.494 e. The van der Waals surface area contributed by atoms with Gasteiger partial charge in [0.2, 0.25) is 0 Å². The van der Waals surface area contributed by atoms with Crippen LogP contribution >= 0.6 is 11.6 Å². The second-order valence-corrected chi connectivity index (χ2v) is 9.60. The number of amides is 1. The molecule has 1 amide bonds. The Morgan fingerprint density at radius 2 is 1.50 bits per heavy atom. The molecule has 4 aromatic carbocycles. The number of ether oxygens (including phenoxy) is 4. The van der Waals surface area contributed by atoms with Crippen LogP contribution in [0.4, 0.5) is 0 Å². The third kappa shape index (κ3) is 8.84. The lowest BCUT2D eigenvalue weighted by Gasteiger charge is -2.10. The predicted octanol–water partition coefficient (Wildman–Crippen LogP) is 7.09. The van der Waals surface area contributed by atoms with Gasteiger partial charge < -0.3 is 18.9 Å². The zero-order chi connectivity index (χ0) is 29.7. The number of carbonyl (C=O) groups excluding carboxylic acids is 2. The third-order valence-corrected chi connectivity index (χ3v) is 6.31. The van der Waals surface area contributed by atoms with E-state index in [4.69, 9.17) is 30.5 Å². The first-order valence-corrected chi connectivity index (χ1v) is 13.8. The zero-order valence-electron chi connectivity index (χ0n) is 23.3. The third-order valence-electron chi connectivity index (χ3n) is 6.06. The smallest absolute Gasteiger partial charge is 0.343 e. The average molecular weight is 587 g/mol. The van der Waals surface area contributed by atoms with E-state index < -0.39 is 5.97 Å². The molecule has 0 aliphatic heterocycles.